The average molecular weight is 243 g/mol. The molecule has 2 rings (SSSR count). The third-order valence-electron chi connectivity index (χ3n) is 2.09. The molecule has 0 aliphatic carbocycles. The second-order valence-electron chi connectivity index (χ2n) is 2.97. The van der Waals surface area contributed by atoms with Crippen LogP contribution >= 0.6 is 15.9 Å². The highest BCUT2D eigenvalue weighted by Gasteiger charge is 2.14. The van der Waals surface area contributed by atoms with Crippen molar-refractivity contribution in [1.29, 1.82) is 0 Å². The van der Waals surface area contributed by atoms with E-state index in [1.54, 1.807) is 0 Å². The molecule has 0 radical (unpaired) electrons. The van der Waals surface area contributed by atoms with Crippen LogP contribution in [0.1, 0.15) is 11.1 Å². The van der Waals surface area contributed by atoms with Gasteiger partial charge in [-0.3, -0.25) is 0 Å². The molecule has 0 aromatic heterocycles. The number of halogens is 1. The van der Waals surface area contributed by atoms with Crippen LogP contribution in [-0.4, -0.2) is 11.6 Å². The molecule has 0 spiro atoms. The van der Waals surface area contributed by atoms with Crippen LogP contribution in [-0.2, 0) is 22.7 Å². The molecule has 1 aliphatic rings. The Labute approximate surface area is 86.0 Å². The van der Waals surface area contributed by atoms with E-state index in [1.807, 2.05) is 12.1 Å². The number of hydrogen-bond acceptors (Lipinski definition) is 2. The molecule has 0 fully saturated rings. The molecule has 1 aromatic carbocycles. The summed E-state index contributed by atoms with van der Waals surface area (Å²) in [5.41, 5.74) is 2.46. The van der Waals surface area contributed by atoms with Gasteiger partial charge in [-0.05, 0) is 11.1 Å². The standard InChI is InChI=1S/C10H11BrO2/c11-5-10-12-6-8-3-1-2-4-9(8)7-13-10/h1-4,10H,5-7H2. The molecule has 0 saturated heterocycles. The lowest BCUT2D eigenvalue weighted by molar-refractivity contribution is -0.132. The van der Waals surface area contributed by atoms with E-state index in [4.69, 9.17) is 9.47 Å². The van der Waals surface area contributed by atoms with Crippen LogP contribution < -0.4 is 0 Å². The van der Waals surface area contributed by atoms with E-state index in [2.05, 4.69) is 28.1 Å². The van der Waals surface area contributed by atoms with Crippen molar-refractivity contribution in [2.45, 2.75) is 19.5 Å². The lowest BCUT2D eigenvalue weighted by atomic mass is 10.1. The molecule has 0 saturated carbocycles. The molecule has 0 amide bonds. The average Bonchev–Trinajstić information content (AvgIpc) is 2.39. The quantitative estimate of drug-likeness (QED) is 0.705. The van der Waals surface area contributed by atoms with Crippen molar-refractivity contribution < 1.29 is 9.47 Å². The molecule has 1 aromatic rings. The van der Waals surface area contributed by atoms with Crippen molar-refractivity contribution in [2.75, 3.05) is 5.33 Å². The van der Waals surface area contributed by atoms with Gasteiger partial charge in [0.25, 0.3) is 0 Å². The topological polar surface area (TPSA) is 18.5 Å². The van der Waals surface area contributed by atoms with E-state index in [0.717, 1.165) is 5.33 Å². The lowest BCUT2D eigenvalue weighted by Crippen LogP contribution is -2.15. The SMILES string of the molecule is BrCC1OCc2ccccc2CO1. The minimum Gasteiger partial charge on any atom is -0.347 e. The first-order chi connectivity index (χ1) is 6.40. The van der Waals surface area contributed by atoms with Gasteiger partial charge < -0.3 is 9.47 Å². The van der Waals surface area contributed by atoms with Crippen molar-refractivity contribution in [3.63, 3.8) is 0 Å². The maximum atomic E-state index is 5.51. The molecule has 0 N–H and O–H groups in total. The number of hydrogen-bond donors (Lipinski definition) is 0. The zero-order valence-corrected chi connectivity index (χ0v) is 8.79. The van der Waals surface area contributed by atoms with E-state index >= 15 is 0 Å². The fraction of sp³-hybridized carbons (Fsp3) is 0.400. The van der Waals surface area contributed by atoms with Gasteiger partial charge in [-0.25, -0.2) is 0 Å². The molecule has 0 atom stereocenters. The van der Waals surface area contributed by atoms with Gasteiger partial charge in [-0.15, -0.1) is 0 Å². The number of ether oxygens (including phenoxy) is 2. The van der Waals surface area contributed by atoms with E-state index in [0.29, 0.717) is 13.2 Å². The summed E-state index contributed by atoms with van der Waals surface area (Å²) in [5, 5.41) is 0.723. The van der Waals surface area contributed by atoms with E-state index < -0.39 is 0 Å². The van der Waals surface area contributed by atoms with Crippen LogP contribution in [0, 0.1) is 0 Å². The Bertz CT molecular complexity index is 261. The summed E-state index contributed by atoms with van der Waals surface area (Å²) in [6.07, 6.45) is -0.118. The maximum absolute atomic E-state index is 5.51. The van der Waals surface area contributed by atoms with Crippen LogP contribution in [0.15, 0.2) is 24.3 Å². The third-order valence-corrected chi connectivity index (χ3v) is 2.62. The summed E-state index contributed by atoms with van der Waals surface area (Å²) in [7, 11) is 0. The van der Waals surface area contributed by atoms with Gasteiger partial charge in [0.2, 0.25) is 0 Å². The van der Waals surface area contributed by atoms with Crippen LogP contribution in [0.25, 0.3) is 0 Å². The van der Waals surface area contributed by atoms with Gasteiger partial charge in [0.05, 0.1) is 18.5 Å². The number of rotatable bonds is 1. The summed E-state index contributed by atoms with van der Waals surface area (Å²) >= 11 is 3.34. The zero-order valence-electron chi connectivity index (χ0n) is 7.20. The second kappa shape index (κ2) is 4.22. The summed E-state index contributed by atoms with van der Waals surface area (Å²) in [6.45, 7) is 1.29. The highest BCUT2D eigenvalue weighted by Crippen LogP contribution is 2.18. The highest BCUT2D eigenvalue weighted by atomic mass is 79.9. The Morgan fingerprint density at radius 3 is 2.15 bits per heavy atom. The molecule has 1 heterocycles. The Hall–Kier alpha value is -0.380. The Balaban J connectivity index is 2.17. The molecular weight excluding hydrogens is 232 g/mol. The normalized spacial score (nSPS) is 17.9. The summed E-state index contributed by atoms with van der Waals surface area (Å²) in [6, 6.07) is 8.21. The van der Waals surface area contributed by atoms with Crippen LogP contribution in [0.4, 0.5) is 0 Å². The lowest BCUT2D eigenvalue weighted by Gasteiger charge is -2.10. The van der Waals surface area contributed by atoms with Crippen molar-refractivity contribution in [3.05, 3.63) is 35.4 Å². The fourth-order valence-corrected chi connectivity index (χ4v) is 1.72. The molecule has 1 aliphatic heterocycles. The van der Waals surface area contributed by atoms with Crippen molar-refractivity contribution >= 4 is 15.9 Å². The van der Waals surface area contributed by atoms with Crippen LogP contribution in [0.2, 0.25) is 0 Å². The number of benzene rings is 1. The highest BCUT2D eigenvalue weighted by molar-refractivity contribution is 9.09. The molecule has 0 unspecified atom stereocenters. The summed E-state index contributed by atoms with van der Waals surface area (Å²) < 4.78 is 11.0. The van der Waals surface area contributed by atoms with E-state index in [-0.39, 0.29) is 6.29 Å². The molecule has 0 bridgehead atoms. The van der Waals surface area contributed by atoms with Crippen molar-refractivity contribution in [2.24, 2.45) is 0 Å². The Kier molecular flexibility index (Phi) is 2.98. The van der Waals surface area contributed by atoms with Crippen LogP contribution in [0.5, 0.6) is 0 Å². The molecular formula is C10H11BrO2. The van der Waals surface area contributed by atoms with Gasteiger partial charge in [0.15, 0.2) is 6.29 Å². The van der Waals surface area contributed by atoms with Gasteiger partial charge in [-0.2, -0.15) is 0 Å². The first-order valence-corrected chi connectivity index (χ1v) is 5.38. The maximum Gasteiger partial charge on any atom is 0.168 e. The number of fused-ring (bicyclic) bond motifs is 1. The first kappa shape index (κ1) is 9.19. The predicted molar refractivity (Wildman–Crippen MR) is 53.6 cm³/mol. The largest absolute Gasteiger partial charge is 0.347 e. The van der Waals surface area contributed by atoms with E-state index in [9.17, 15) is 0 Å². The Morgan fingerprint density at radius 1 is 1.15 bits per heavy atom. The third kappa shape index (κ3) is 2.10. The monoisotopic (exact) mass is 242 g/mol. The first-order valence-electron chi connectivity index (χ1n) is 4.26. The van der Waals surface area contributed by atoms with Crippen molar-refractivity contribution in [3.8, 4) is 0 Å². The molecule has 2 nitrogen and oxygen atoms in total. The van der Waals surface area contributed by atoms with Gasteiger partial charge in [0.1, 0.15) is 0 Å². The van der Waals surface area contributed by atoms with Gasteiger partial charge in [0, 0.05) is 0 Å². The minimum absolute atomic E-state index is 0.118. The zero-order chi connectivity index (χ0) is 9.10. The molecule has 3 heteroatoms. The summed E-state index contributed by atoms with van der Waals surface area (Å²) in [4.78, 5) is 0. The number of alkyl halides is 1. The predicted octanol–water partition coefficient (Wildman–Crippen LogP) is 2.45. The summed E-state index contributed by atoms with van der Waals surface area (Å²) in [5.74, 6) is 0. The fourth-order valence-electron chi connectivity index (χ4n) is 1.34. The van der Waals surface area contributed by atoms with Gasteiger partial charge in [-0.1, -0.05) is 40.2 Å². The van der Waals surface area contributed by atoms with E-state index in [1.165, 1.54) is 11.1 Å². The Morgan fingerprint density at radius 2 is 1.69 bits per heavy atom. The van der Waals surface area contributed by atoms with Crippen molar-refractivity contribution in [1.82, 2.24) is 0 Å². The molecule has 70 valence electrons. The smallest absolute Gasteiger partial charge is 0.168 e. The minimum atomic E-state index is -0.118. The second-order valence-corrected chi connectivity index (χ2v) is 3.62. The van der Waals surface area contributed by atoms with Gasteiger partial charge >= 0.3 is 0 Å². The van der Waals surface area contributed by atoms with Crippen LogP contribution in [0.3, 0.4) is 0 Å². The molecule has 13 heavy (non-hydrogen) atoms.